The van der Waals surface area contributed by atoms with Crippen LogP contribution in [0.4, 0.5) is 0 Å². The van der Waals surface area contributed by atoms with Crippen molar-refractivity contribution in [1.82, 2.24) is 4.98 Å². The highest BCUT2D eigenvalue weighted by molar-refractivity contribution is 9.10. The lowest BCUT2D eigenvalue weighted by molar-refractivity contribution is -0.134. The molecule has 0 saturated heterocycles. The van der Waals surface area contributed by atoms with E-state index in [0.29, 0.717) is 6.42 Å². The Labute approximate surface area is 111 Å². The lowest BCUT2D eigenvalue weighted by Crippen LogP contribution is -2.37. The maximum atomic E-state index is 12.1. The summed E-state index contributed by atoms with van der Waals surface area (Å²) in [6, 6.07) is 3.73. The molecule has 0 fully saturated rings. The van der Waals surface area contributed by atoms with Gasteiger partial charge >= 0.3 is 0 Å². The first kappa shape index (κ1) is 14.3. The summed E-state index contributed by atoms with van der Waals surface area (Å²) in [7, 11) is 1.57. The predicted molar refractivity (Wildman–Crippen MR) is 70.9 cm³/mol. The molecule has 94 valence electrons. The van der Waals surface area contributed by atoms with Crippen LogP contribution in [0.15, 0.2) is 22.8 Å². The van der Waals surface area contributed by atoms with Crippen LogP contribution in [0.5, 0.6) is 0 Å². The highest BCUT2D eigenvalue weighted by Gasteiger charge is 2.30. The summed E-state index contributed by atoms with van der Waals surface area (Å²) < 4.78 is 6.20. The monoisotopic (exact) mass is 299 g/mol. The number of ketones is 1. The van der Waals surface area contributed by atoms with E-state index >= 15 is 0 Å². The number of carbonyl (C=O) groups excluding carboxylic acids is 1. The predicted octanol–water partition coefficient (Wildman–Crippen LogP) is 3.02. The lowest BCUT2D eigenvalue weighted by Gasteiger charge is -2.27. The van der Waals surface area contributed by atoms with Crippen molar-refractivity contribution < 1.29 is 9.53 Å². The Kier molecular flexibility index (Phi) is 4.83. The van der Waals surface area contributed by atoms with E-state index in [9.17, 15) is 4.79 Å². The van der Waals surface area contributed by atoms with E-state index in [0.717, 1.165) is 10.2 Å². The number of halogens is 1. The zero-order valence-electron chi connectivity index (χ0n) is 10.7. The van der Waals surface area contributed by atoms with Gasteiger partial charge in [-0.1, -0.05) is 20.8 Å². The zero-order chi connectivity index (χ0) is 13.1. The normalized spacial score (nSPS) is 13.5. The molecule has 0 radical (unpaired) electrons. The van der Waals surface area contributed by atoms with Gasteiger partial charge in [0.05, 0.1) is 6.42 Å². The summed E-state index contributed by atoms with van der Waals surface area (Å²) in [5.74, 6) is 0.0647. The molecule has 4 heteroatoms. The van der Waals surface area contributed by atoms with Gasteiger partial charge in [-0.3, -0.25) is 9.78 Å². The molecule has 0 spiro atoms. The van der Waals surface area contributed by atoms with E-state index < -0.39 is 6.10 Å². The first-order valence-corrected chi connectivity index (χ1v) is 6.30. The number of pyridine rings is 1. The average molecular weight is 300 g/mol. The SMILES string of the molecule is COC(C(=O)Cc1ccc(Br)cn1)C(C)(C)C. The molecule has 1 aromatic rings. The van der Waals surface area contributed by atoms with Crippen molar-refractivity contribution in [3.63, 3.8) is 0 Å². The topological polar surface area (TPSA) is 39.2 Å². The van der Waals surface area contributed by atoms with Gasteiger partial charge in [-0.05, 0) is 33.5 Å². The molecule has 1 rings (SSSR count). The second kappa shape index (κ2) is 5.74. The Hall–Kier alpha value is -0.740. The number of aromatic nitrogens is 1. The van der Waals surface area contributed by atoms with Crippen LogP contribution in [0.25, 0.3) is 0 Å². The molecular weight excluding hydrogens is 282 g/mol. The Morgan fingerprint density at radius 3 is 2.53 bits per heavy atom. The van der Waals surface area contributed by atoms with E-state index in [-0.39, 0.29) is 11.2 Å². The van der Waals surface area contributed by atoms with Crippen LogP contribution in [0.1, 0.15) is 26.5 Å². The molecule has 17 heavy (non-hydrogen) atoms. The molecule has 0 amide bonds. The van der Waals surface area contributed by atoms with Crippen LogP contribution < -0.4 is 0 Å². The van der Waals surface area contributed by atoms with Crippen LogP contribution >= 0.6 is 15.9 Å². The Morgan fingerprint density at radius 1 is 1.47 bits per heavy atom. The maximum absolute atomic E-state index is 12.1. The number of Topliss-reactive ketones (excluding diaryl/α,β-unsaturated/α-hetero) is 1. The van der Waals surface area contributed by atoms with Crippen LogP contribution in [0.2, 0.25) is 0 Å². The van der Waals surface area contributed by atoms with Crippen molar-refractivity contribution >= 4 is 21.7 Å². The summed E-state index contributed by atoms with van der Waals surface area (Å²) in [4.78, 5) is 16.3. The van der Waals surface area contributed by atoms with Crippen molar-refractivity contribution in [1.29, 1.82) is 0 Å². The quantitative estimate of drug-likeness (QED) is 0.858. The first-order valence-electron chi connectivity index (χ1n) is 5.50. The molecule has 1 unspecified atom stereocenters. The minimum Gasteiger partial charge on any atom is -0.373 e. The standard InChI is InChI=1S/C13H18BrNO2/c1-13(2,3)12(17-4)11(16)7-10-6-5-9(14)8-15-10/h5-6,8,12H,7H2,1-4H3. The summed E-state index contributed by atoms with van der Waals surface area (Å²) in [6.45, 7) is 5.98. The van der Waals surface area contributed by atoms with Gasteiger partial charge in [-0.15, -0.1) is 0 Å². The van der Waals surface area contributed by atoms with Crippen molar-refractivity contribution in [2.24, 2.45) is 5.41 Å². The van der Waals surface area contributed by atoms with Gasteiger partial charge in [0, 0.05) is 23.5 Å². The van der Waals surface area contributed by atoms with E-state index in [1.54, 1.807) is 13.3 Å². The van der Waals surface area contributed by atoms with Crippen molar-refractivity contribution in [2.75, 3.05) is 7.11 Å². The van der Waals surface area contributed by atoms with Gasteiger partial charge in [-0.25, -0.2) is 0 Å². The van der Waals surface area contributed by atoms with Crippen molar-refractivity contribution in [2.45, 2.75) is 33.3 Å². The summed E-state index contributed by atoms with van der Waals surface area (Å²) >= 11 is 3.31. The number of rotatable bonds is 4. The van der Waals surface area contributed by atoms with Crippen LogP contribution in [0, 0.1) is 5.41 Å². The van der Waals surface area contributed by atoms with Gasteiger partial charge in [0.2, 0.25) is 0 Å². The van der Waals surface area contributed by atoms with Crippen molar-refractivity contribution in [3.8, 4) is 0 Å². The molecule has 0 aliphatic heterocycles. The number of nitrogens with zero attached hydrogens (tertiary/aromatic N) is 1. The van der Waals surface area contributed by atoms with Gasteiger partial charge in [0.1, 0.15) is 6.10 Å². The van der Waals surface area contributed by atoms with Gasteiger partial charge in [0.25, 0.3) is 0 Å². The average Bonchev–Trinajstić information content (AvgIpc) is 2.20. The number of hydrogen-bond donors (Lipinski definition) is 0. The molecule has 1 atom stereocenters. The summed E-state index contributed by atoms with van der Waals surface area (Å²) in [5, 5.41) is 0. The minimum atomic E-state index is -0.395. The van der Waals surface area contributed by atoms with E-state index in [4.69, 9.17) is 4.74 Å². The number of ether oxygens (including phenoxy) is 1. The van der Waals surface area contributed by atoms with Crippen LogP contribution in [0.3, 0.4) is 0 Å². The Balaban J connectivity index is 2.74. The third kappa shape index (κ3) is 4.21. The highest BCUT2D eigenvalue weighted by atomic mass is 79.9. The second-order valence-electron chi connectivity index (χ2n) is 5.09. The van der Waals surface area contributed by atoms with Crippen LogP contribution in [-0.2, 0) is 16.0 Å². The third-order valence-corrected chi connectivity index (χ3v) is 2.93. The number of methoxy groups -OCH3 is 1. The molecule has 1 heterocycles. The van der Waals surface area contributed by atoms with Gasteiger partial charge in [-0.2, -0.15) is 0 Å². The lowest BCUT2D eigenvalue weighted by atomic mass is 9.85. The second-order valence-corrected chi connectivity index (χ2v) is 6.01. The van der Waals surface area contributed by atoms with Gasteiger partial charge < -0.3 is 4.74 Å². The number of carbonyl (C=O) groups is 1. The molecule has 0 saturated carbocycles. The zero-order valence-corrected chi connectivity index (χ0v) is 12.2. The molecule has 0 bridgehead atoms. The van der Waals surface area contributed by atoms with E-state index in [1.165, 1.54) is 0 Å². The van der Waals surface area contributed by atoms with Gasteiger partial charge in [0.15, 0.2) is 5.78 Å². The van der Waals surface area contributed by atoms with E-state index in [2.05, 4.69) is 20.9 Å². The minimum absolute atomic E-state index is 0.0647. The largest absolute Gasteiger partial charge is 0.373 e. The van der Waals surface area contributed by atoms with E-state index in [1.807, 2.05) is 32.9 Å². The Morgan fingerprint density at radius 2 is 2.12 bits per heavy atom. The highest BCUT2D eigenvalue weighted by Crippen LogP contribution is 2.23. The number of hydrogen-bond acceptors (Lipinski definition) is 3. The fraction of sp³-hybridized carbons (Fsp3) is 0.538. The third-order valence-electron chi connectivity index (χ3n) is 2.46. The fourth-order valence-corrected chi connectivity index (χ4v) is 1.98. The molecule has 1 aromatic heterocycles. The maximum Gasteiger partial charge on any atom is 0.168 e. The molecule has 0 aliphatic carbocycles. The molecule has 0 aromatic carbocycles. The first-order chi connectivity index (χ1) is 7.84. The molecule has 0 aliphatic rings. The summed E-state index contributed by atoms with van der Waals surface area (Å²) in [5.41, 5.74) is 0.575. The molecule has 3 nitrogen and oxygen atoms in total. The molecule has 0 N–H and O–H groups in total. The summed E-state index contributed by atoms with van der Waals surface area (Å²) in [6.07, 6.45) is 1.61. The smallest absolute Gasteiger partial charge is 0.168 e. The van der Waals surface area contributed by atoms with Crippen LogP contribution in [-0.4, -0.2) is 24.0 Å². The van der Waals surface area contributed by atoms with Crippen molar-refractivity contribution in [3.05, 3.63) is 28.5 Å². The molecular formula is C13H18BrNO2. The Bertz CT molecular complexity index is 381. The fourth-order valence-electron chi connectivity index (χ4n) is 1.75.